The number of hydrogen-bond donors (Lipinski definition) is 0. The minimum Gasteiger partial charge on any atom is -0.425 e. The summed E-state index contributed by atoms with van der Waals surface area (Å²) in [7, 11) is 0. The molecule has 7 rings (SSSR count). The van der Waals surface area contributed by atoms with Gasteiger partial charge in [0.2, 0.25) is 11.8 Å². The van der Waals surface area contributed by atoms with Gasteiger partial charge in [0.1, 0.15) is 16.8 Å². The van der Waals surface area contributed by atoms with E-state index in [0.29, 0.717) is 16.3 Å². The molecule has 2 aromatic carbocycles. The van der Waals surface area contributed by atoms with Gasteiger partial charge in [0.05, 0.1) is 23.3 Å². The fraction of sp³-hybridized carbons (Fsp3) is 0.290. The van der Waals surface area contributed by atoms with E-state index in [-0.39, 0.29) is 5.91 Å². The molecule has 0 radical (unpaired) electrons. The van der Waals surface area contributed by atoms with E-state index in [4.69, 9.17) is 4.74 Å². The van der Waals surface area contributed by atoms with E-state index in [9.17, 15) is 19.6 Å². The highest BCUT2D eigenvalue weighted by molar-refractivity contribution is 7.17. The van der Waals surface area contributed by atoms with Gasteiger partial charge < -0.3 is 4.74 Å². The number of rotatable bonds is 2. The Kier molecular flexibility index (Phi) is 5.17. The van der Waals surface area contributed by atoms with Gasteiger partial charge in [-0.15, -0.1) is 11.3 Å². The standard InChI is InChI=1S/C31H24N2O4S/c1-16-11-12-18-21-14-20(17-7-3-2-4-8-17)25-27(26(21)31(36)37-23(18)13-16)29(35)33(28(25)34)30-22(15-32)19-9-5-6-10-24(19)38-30/h2-4,7-8,11-14,20,25-27H,5-6,9-10H2,1H3/t20-,25+,26-,27-/m1/s1. The average Bonchev–Trinajstić information content (AvgIpc) is 3.42. The number of nitriles is 1. The molecule has 7 heteroatoms. The minimum atomic E-state index is -0.902. The molecule has 3 heterocycles. The molecule has 0 unspecified atom stereocenters. The number of carbonyl (C=O) groups excluding carboxylic acids is 3. The molecule has 3 aromatic rings. The van der Waals surface area contributed by atoms with Crippen LogP contribution in [0.4, 0.5) is 5.00 Å². The summed E-state index contributed by atoms with van der Waals surface area (Å²) in [5.74, 6) is -3.73. The smallest absolute Gasteiger partial charge is 0.319 e. The average molecular weight is 521 g/mol. The third-order valence-electron chi connectivity index (χ3n) is 8.40. The Morgan fingerprint density at radius 1 is 1.00 bits per heavy atom. The van der Waals surface area contributed by atoms with Crippen molar-refractivity contribution in [1.82, 2.24) is 0 Å². The first kappa shape index (κ1) is 23.1. The van der Waals surface area contributed by atoms with Crippen molar-refractivity contribution >= 4 is 39.7 Å². The predicted octanol–water partition coefficient (Wildman–Crippen LogP) is 5.33. The SMILES string of the molecule is Cc1ccc2c(c1)OC(=O)[C@@H]1C2=C[C@H](c2ccccc2)[C@@H]2C(=O)N(c3sc4c(c3C#N)CCCC4)C(=O)[C@@H]12. The molecule has 0 bridgehead atoms. The Morgan fingerprint density at radius 2 is 1.76 bits per heavy atom. The molecule has 1 saturated heterocycles. The number of hydrogen-bond acceptors (Lipinski definition) is 6. The number of benzene rings is 2. The van der Waals surface area contributed by atoms with E-state index in [1.165, 1.54) is 16.2 Å². The Labute approximate surface area is 224 Å². The second-order valence-corrected chi connectivity index (χ2v) is 11.6. The number of anilines is 1. The molecule has 2 amide bonds. The van der Waals surface area contributed by atoms with Crippen LogP contribution in [0.5, 0.6) is 5.75 Å². The molecule has 1 fully saturated rings. The van der Waals surface area contributed by atoms with Gasteiger partial charge in [-0.05, 0) is 60.9 Å². The summed E-state index contributed by atoms with van der Waals surface area (Å²) in [5, 5.41) is 10.5. The lowest BCUT2D eigenvalue weighted by Gasteiger charge is -2.38. The van der Waals surface area contributed by atoms with Gasteiger partial charge in [-0.1, -0.05) is 48.5 Å². The maximum atomic E-state index is 14.2. The van der Waals surface area contributed by atoms with Crippen LogP contribution >= 0.6 is 11.3 Å². The molecular formula is C31H24N2O4S. The topological polar surface area (TPSA) is 87.5 Å². The largest absolute Gasteiger partial charge is 0.425 e. The van der Waals surface area contributed by atoms with Crippen molar-refractivity contribution in [2.75, 3.05) is 4.90 Å². The van der Waals surface area contributed by atoms with E-state index >= 15 is 0 Å². The number of ether oxygens (including phenoxy) is 1. The third kappa shape index (κ3) is 3.20. The molecule has 188 valence electrons. The number of thiophene rings is 1. The normalized spacial score (nSPS) is 25.5. The zero-order valence-electron chi connectivity index (χ0n) is 20.8. The summed E-state index contributed by atoms with van der Waals surface area (Å²) in [6.07, 6.45) is 5.64. The summed E-state index contributed by atoms with van der Waals surface area (Å²) in [6, 6.07) is 17.7. The van der Waals surface area contributed by atoms with E-state index in [0.717, 1.165) is 58.4 Å². The fourth-order valence-corrected chi connectivity index (χ4v) is 8.04. The highest BCUT2D eigenvalue weighted by Gasteiger charge is 2.61. The Balaban J connectivity index is 1.42. The first-order valence-electron chi connectivity index (χ1n) is 13.0. The van der Waals surface area contributed by atoms with Crippen LogP contribution in [-0.4, -0.2) is 17.8 Å². The number of fused-ring (bicyclic) bond motifs is 6. The van der Waals surface area contributed by atoms with Crippen LogP contribution in [0.3, 0.4) is 0 Å². The van der Waals surface area contributed by atoms with Crippen LogP contribution in [-0.2, 0) is 27.2 Å². The van der Waals surface area contributed by atoms with Crippen molar-refractivity contribution in [2.45, 2.75) is 38.5 Å². The van der Waals surface area contributed by atoms with Gasteiger partial charge >= 0.3 is 5.97 Å². The number of imide groups is 1. The molecular weight excluding hydrogens is 496 g/mol. The van der Waals surface area contributed by atoms with Crippen LogP contribution in [0.25, 0.3) is 5.57 Å². The van der Waals surface area contributed by atoms with Crippen molar-refractivity contribution in [3.05, 3.63) is 87.3 Å². The Hall–Kier alpha value is -4.02. The zero-order chi connectivity index (χ0) is 26.1. The monoisotopic (exact) mass is 520 g/mol. The minimum absolute atomic E-state index is 0.346. The van der Waals surface area contributed by atoms with Crippen LogP contribution in [0, 0.1) is 36.0 Å². The van der Waals surface area contributed by atoms with Crippen LogP contribution in [0.2, 0.25) is 0 Å². The van der Waals surface area contributed by atoms with Crippen molar-refractivity contribution in [3.63, 3.8) is 0 Å². The first-order chi connectivity index (χ1) is 18.5. The Morgan fingerprint density at radius 3 is 2.55 bits per heavy atom. The number of aryl methyl sites for hydroxylation is 2. The van der Waals surface area contributed by atoms with Gasteiger partial charge in [-0.3, -0.25) is 14.4 Å². The molecule has 2 aliphatic heterocycles. The fourth-order valence-electron chi connectivity index (χ4n) is 6.69. The number of nitrogens with zero attached hydrogens (tertiary/aromatic N) is 2. The number of amides is 2. The van der Waals surface area contributed by atoms with Gasteiger partial charge in [0.15, 0.2) is 0 Å². The van der Waals surface area contributed by atoms with Crippen LogP contribution in [0.15, 0.2) is 54.6 Å². The maximum absolute atomic E-state index is 14.2. The van der Waals surface area contributed by atoms with Crippen molar-refractivity contribution in [1.29, 1.82) is 5.26 Å². The molecule has 0 saturated carbocycles. The number of allylic oxidation sites excluding steroid dienone is 1. The van der Waals surface area contributed by atoms with Gasteiger partial charge in [0, 0.05) is 16.4 Å². The summed E-state index contributed by atoms with van der Waals surface area (Å²) in [5.41, 5.74) is 4.79. The highest BCUT2D eigenvalue weighted by Crippen LogP contribution is 2.55. The van der Waals surface area contributed by atoms with Crippen molar-refractivity contribution in [3.8, 4) is 11.8 Å². The number of esters is 1. The second kappa shape index (κ2) is 8.50. The number of carbonyl (C=O) groups is 3. The molecule has 0 spiro atoms. The quantitative estimate of drug-likeness (QED) is 0.259. The molecule has 0 N–H and O–H groups in total. The first-order valence-corrected chi connectivity index (χ1v) is 13.8. The van der Waals surface area contributed by atoms with Crippen LogP contribution < -0.4 is 9.64 Å². The molecule has 4 aliphatic rings. The van der Waals surface area contributed by atoms with Crippen molar-refractivity contribution in [2.24, 2.45) is 17.8 Å². The maximum Gasteiger partial charge on any atom is 0.319 e. The molecule has 38 heavy (non-hydrogen) atoms. The lowest BCUT2D eigenvalue weighted by Crippen LogP contribution is -2.42. The zero-order valence-corrected chi connectivity index (χ0v) is 21.6. The molecule has 2 aliphatic carbocycles. The summed E-state index contributed by atoms with van der Waals surface area (Å²) >= 11 is 1.38. The van der Waals surface area contributed by atoms with E-state index in [1.807, 2.05) is 61.5 Å². The van der Waals surface area contributed by atoms with E-state index < -0.39 is 35.5 Å². The molecule has 4 atom stereocenters. The van der Waals surface area contributed by atoms with E-state index in [1.54, 1.807) is 0 Å². The lowest BCUT2D eigenvalue weighted by atomic mass is 9.64. The Bertz CT molecular complexity index is 1610. The molecule has 6 nitrogen and oxygen atoms in total. The third-order valence-corrected chi connectivity index (χ3v) is 9.68. The molecule has 1 aromatic heterocycles. The summed E-state index contributed by atoms with van der Waals surface area (Å²) < 4.78 is 5.76. The predicted molar refractivity (Wildman–Crippen MR) is 143 cm³/mol. The van der Waals surface area contributed by atoms with Gasteiger partial charge in [-0.2, -0.15) is 5.26 Å². The summed E-state index contributed by atoms with van der Waals surface area (Å²) in [6.45, 7) is 1.93. The van der Waals surface area contributed by atoms with E-state index in [2.05, 4.69) is 6.07 Å². The van der Waals surface area contributed by atoms with Gasteiger partial charge in [0.25, 0.3) is 0 Å². The highest BCUT2D eigenvalue weighted by atomic mass is 32.1. The summed E-state index contributed by atoms with van der Waals surface area (Å²) in [4.78, 5) is 44.2. The van der Waals surface area contributed by atoms with Gasteiger partial charge in [-0.25, -0.2) is 4.90 Å². The lowest BCUT2D eigenvalue weighted by molar-refractivity contribution is -0.142. The van der Waals surface area contributed by atoms with Crippen LogP contribution in [0.1, 0.15) is 51.5 Å². The van der Waals surface area contributed by atoms with Crippen molar-refractivity contribution < 1.29 is 19.1 Å². The second-order valence-electron chi connectivity index (χ2n) is 10.5.